The van der Waals surface area contributed by atoms with Gasteiger partial charge in [-0.25, -0.2) is 0 Å². The van der Waals surface area contributed by atoms with Crippen molar-refractivity contribution in [3.05, 3.63) is 34.9 Å². The number of aryl methyl sites for hydroxylation is 1. The molecule has 0 aromatic heterocycles. The number of hydrogen-bond acceptors (Lipinski definition) is 2. The van der Waals surface area contributed by atoms with Gasteiger partial charge in [-0.05, 0) is 42.4 Å². The second-order valence-corrected chi connectivity index (χ2v) is 6.59. The summed E-state index contributed by atoms with van der Waals surface area (Å²) in [7, 11) is 0. The predicted molar refractivity (Wildman–Crippen MR) is 74.9 cm³/mol. The van der Waals surface area contributed by atoms with Crippen molar-refractivity contribution in [2.75, 3.05) is 6.54 Å². The van der Waals surface area contributed by atoms with Gasteiger partial charge in [0.25, 0.3) is 0 Å². The van der Waals surface area contributed by atoms with Gasteiger partial charge in [-0.2, -0.15) is 0 Å². The molecule has 0 radical (unpaired) electrons. The summed E-state index contributed by atoms with van der Waals surface area (Å²) in [6.45, 7) is 8.99. The Kier molecular flexibility index (Phi) is 3.10. The van der Waals surface area contributed by atoms with Gasteiger partial charge in [0.15, 0.2) is 5.78 Å². The average molecular weight is 245 g/mol. The van der Waals surface area contributed by atoms with E-state index in [4.69, 9.17) is 5.73 Å². The summed E-state index contributed by atoms with van der Waals surface area (Å²) in [5.74, 6) is 0.244. The standard InChI is InChI=1S/C16H23NO/c1-11-5-6-12(15(2,3)4)9-13(11)14(18)16(10-17)7-8-16/h5-6,9H,7-8,10,17H2,1-4H3. The lowest BCUT2D eigenvalue weighted by atomic mass is 9.83. The van der Waals surface area contributed by atoms with Gasteiger partial charge in [-0.3, -0.25) is 4.79 Å². The van der Waals surface area contributed by atoms with Gasteiger partial charge >= 0.3 is 0 Å². The normalized spacial score (nSPS) is 17.6. The van der Waals surface area contributed by atoms with Crippen LogP contribution in [0.15, 0.2) is 18.2 Å². The Morgan fingerprint density at radius 1 is 1.33 bits per heavy atom. The summed E-state index contributed by atoms with van der Waals surface area (Å²) in [6, 6.07) is 6.24. The molecule has 1 saturated carbocycles. The van der Waals surface area contributed by atoms with E-state index in [1.54, 1.807) is 0 Å². The fourth-order valence-electron chi connectivity index (χ4n) is 2.29. The molecule has 2 N–H and O–H groups in total. The van der Waals surface area contributed by atoms with Crippen LogP contribution in [0.25, 0.3) is 0 Å². The Labute approximate surface area is 110 Å². The maximum absolute atomic E-state index is 12.6. The Balaban J connectivity index is 2.42. The zero-order chi connectivity index (χ0) is 13.6. The molecule has 98 valence electrons. The van der Waals surface area contributed by atoms with Crippen LogP contribution in [0.5, 0.6) is 0 Å². The zero-order valence-electron chi connectivity index (χ0n) is 11.8. The predicted octanol–water partition coefficient (Wildman–Crippen LogP) is 3.21. The van der Waals surface area contributed by atoms with Crippen molar-refractivity contribution in [3.8, 4) is 0 Å². The molecule has 0 amide bonds. The molecule has 0 bridgehead atoms. The minimum absolute atomic E-state index is 0.0716. The molecular formula is C16H23NO. The zero-order valence-corrected chi connectivity index (χ0v) is 11.8. The molecule has 0 unspecified atom stereocenters. The van der Waals surface area contributed by atoms with Crippen molar-refractivity contribution >= 4 is 5.78 Å². The van der Waals surface area contributed by atoms with Gasteiger partial charge in [-0.15, -0.1) is 0 Å². The molecule has 0 aliphatic heterocycles. The summed E-state index contributed by atoms with van der Waals surface area (Å²) in [6.07, 6.45) is 1.89. The van der Waals surface area contributed by atoms with E-state index in [0.29, 0.717) is 6.54 Å². The third kappa shape index (κ3) is 2.22. The summed E-state index contributed by atoms with van der Waals surface area (Å²) >= 11 is 0. The monoisotopic (exact) mass is 245 g/mol. The van der Waals surface area contributed by atoms with Crippen LogP contribution in [0.2, 0.25) is 0 Å². The lowest BCUT2D eigenvalue weighted by molar-refractivity contribution is 0.0905. The number of hydrogen-bond donors (Lipinski definition) is 1. The quantitative estimate of drug-likeness (QED) is 0.831. The molecule has 1 aliphatic rings. The van der Waals surface area contributed by atoms with E-state index >= 15 is 0 Å². The maximum atomic E-state index is 12.6. The van der Waals surface area contributed by atoms with Crippen LogP contribution in [0.3, 0.4) is 0 Å². The Bertz CT molecular complexity index is 478. The van der Waals surface area contributed by atoms with Crippen LogP contribution in [0.1, 0.15) is 55.1 Å². The van der Waals surface area contributed by atoms with Crippen molar-refractivity contribution in [2.24, 2.45) is 11.1 Å². The Morgan fingerprint density at radius 2 is 1.94 bits per heavy atom. The molecule has 18 heavy (non-hydrogen) atoms. The van der Waals surface area contributed by atoms with Crippen molar-refractivity contribution in [2.45, 2.75) is 46.0 Å². The van der Waals surface area contributed by atoms with Crippen LogP contribution in [-0.2, 0) is 5.41 Å². The SMILES string of the molecule is Cc1ccc(C(C)(C)C)cc1C(=O)C1(CN)CC1. The molecule has 1 fully saturated rings. The van der Waals surface area contributed by atoms with Crippen LogP contribution in [0.4, 0.5) is 0 Å². The third-order valence-corrected chi connectivity index (χ3v) is 4.07. The van der Waals surface area contributed by atoms with Crippen molar-refractivity contribution in [1.82, 2.24) is 0 Å². The molecule has 1 aliphatic carbocycles. The summed E-state index contributed by atoms with van der Waals surface area (Å²) in [5.41, 5.74) is 8.72. The van der Waals surface area contributed by atoms with Crippen molar-refractivity contribution in [3.63, 3.8) is 0 Å². The molecule has 2 heteroatoms. The molecule has 0 atom stereocenters. The second-order valence-electron chi connectivity index (χ2n) is 6.59. The molecule has 2 rings (SSSR count). The van der Waals surface area contributed by atoms with Gasteiger partial charge < -0.3 is 5.73 Å². The van der Waals surface area contributed by atoms with Crippen molar-refractivity contribution in [1.29, 1.82) is 0 Å². The maximum Gasteiger partial charge on any atom is 0.170 e. The highest BCUT2D eigenvalue weighted by atomic mass is 16.1. The number of carbonyl (C=O) groups excluding carboxylic acids is 1. The summed E-state index contributed by atoms with van der Waals surface area (Å²) in [4.78, 5) is 12.6. The molecule has 0 spiro atoms. The fraction of sp³-hybridized carbons (Fsp3) is 0.562. The average Bonchev–Trinajstić information content (AvgIpc) is 3.08. The number of carbonyl (C=O) groups is 1. The minimum atomic E-state index is -0.249. The lowest BCUT2D eigenvalue weighted by Crippen LogP contribution is -2.26. The number of ketones is 1. The first kappa shape index (κ1) is 13.3. The highest BCUT2D eigenvalue weighted by molar-refractivity contribution is 6.03. The molecule has 1 aromatic rings. The van der Waals surface area contributed by atoms with E-state index in [1.807, 2.05) is 6.92 Å². The second kappa shape index (κ2) is 4.20. The van der Waals surface area contributed by atoms with E-state index in [0.717, 1.165) is 24.0 Å². The molecule has 0 heterocycles. The third-order valence-electron chi connectivity index (χ3n) is 4.07. The van der Waals surface area contributed by atoms with Crippen LogP contribution >= 0.6 is 0 Å². The lowest BCUT2D eigenvalue weighted by Gasteiger charge is -2.21. The van der Waals surface area contributed by atoms with E-state index in [9.17, 15) is 4.79 Å². The first-order valence-corrected chi connectivity index (χ1v) is 6.66. The van der Waals surface area contributed by atoms with Gasteiger partial charge in [-0.1, -0.05) is 32.9 Å². The van der Waals surface area contributed by atoms with E-state index in [2.05, 4.69) is 39.0 Å². The number of Topliss-reactive ketones (excluding diaryl/α,β-unsaturated/α-hetero) is 1. The van der Waals surface area contributed by atoms with E-state index in [1.165, 1.54) is 5.56 Å². The van der Waals surface area contributed by atoms with Gasteiger partial charge in [0.05, 0.1) is 0 Å². The summed E-state index contributed by atoms with van der Waals surface area (Å²) in [5, 5.41) is 0. The smallest absolute Gasteiger partial charge is 0.170 e. The molecule has 1 aromatic carbocycles. The highest BCUT2D eigenvalue weighted by Crippen LogP contribution is 2.47. The van der Waals surface area contributed by atoms with Crippen molar-refractivity contribution < 1.29 is 4.79 Å². The van der Waals surface area contributed by atoms with Gasteiger partial charge in [0, 0.05) is 17.5 Å². The van der Waals surface area contributed by atoms with E-state index in [-0.39, 0.29) is 16.6 Å². The van der Waals surface area contributed by atoms with Crippen LogP contribution < -0.4 is 5.73 Å². The molecule has 0 saturated heterocycles. The molecular weight excluding hydrogens is 222 g/mol. The minimum Gasteiger partial charge on any atom is -0.329 e. The first-order valence-electron chi connectivity index (χ1n) is 6.66. The van der Waals surface area contributed by atoms with Crippen LogP contribution in [0, 0.1) is 12.3 Å². The van der Waals surface area contributed by atoms with Gasteiger partial charge in [0.2, 0.25) is 0 Å². The fourth-order valence-corrected chi connectivity index (χ4v) is 2.29. The first-order chi connectivity index (χ1) is 8.30. The highest BCUT2D eigenvalue weighted by Gasteiger charge is 2.48. The van der Waals surface area contributed by atoms with E-state index < -0.39 is 0 Å². The topological polar surface area (TPSA) is 43.1 Å². The molecule has 2 nitrogen and oxygen atoms in total. The van der Waals surface area contributed by atoms with Gasteiger partial charge in [0.1, 0.15) is 0 Å². The largest absolute Gasteiger partial charge is 0.329 e. The van der Waals surface area contributed by atoms with Crippen LogP contribution in [-0.4, -0.2) is 12.3 Å². The number of nitrogens with two attached hydrogens (primary N) is 1. The Hall–Kier alpha value is -1.15. The summed E-state index contributed by atoms with van der Waals surface area (Å²) < 4.78 is 0. The Morgan fingerprint density at radius 3 is 2.39 bits per heavy atom. The number of benzene rings is 1. The number of rotatable bonds is 3.